The average Bonchev–Trinajstić information content (AvgIpc) is 2.91. The first kappa shape index (κ1) is 15.1. The molecule has 2 amide bonds. The second kappa shape index (κ2) is 6.90. The molecule has 2 rings (SSSR count). The van der Waals surface area contributed by atoms with Crippen molar-refractivity contribution in [2.24, 2.45) is 7.05 Å². The van der Waals surface area contributed by atoms with Crippen LogP contribution in [0.15, 0.2) is 36.7 Å². The number of aliphatic hydroxyl groups is 1. The molecular weight excluding hydrogens is 268 g/mol. The Bertz CT molecular complexity index is 605. The molecule has 6 heteroatoms. The van der Waals surface area contributed by atoms with Crippen LogP contribution in [-0.2, 0) is 7.05 Å². The summed E-state index contributed by atoms with van der Waals surface area (Å²) in [7, 11) is 1.92. The Kier molecular flexibility index (Phi) is 4.94. The second-order valence-corrected chi connectivity index (χ2v) is 4.83. The first-order valence-electron chi connectivity index (χ1n) is 6.90. The summed E-state index contributed by atoms with van der Waals surface area (Å²) in [5.74, 6) is 0.834. The van der Waals surface area contributed by atoms with Crippen molar-refractivity contribution in [3.8, 4) is 11.4 Å². The maximum Gasteiger partial charge on any atom is 0.319 e. The predicted molar refractivity (Wildman–Crippen MR) is 82.0 cm³/mol. The van der Waals surface area contributed by atoms with Crippen LogP contribution in [0.25, 0.3) is 11.4 Å². The minimum absolute atomic E-state index is 0.0722. The summed E-state index contributed by atoms with van der Waals surface area (Å²) in [4.78, 5) is 16.1. The lowest BCUT2D eigenvalue weighted by atomic mass is 10.2. The van der Waals surface area contributed by atoms with E-state index in [0.29, 0.717) is 12.1 Å². The van der Waals surface area contributed by atoms with E-state index in [4.69, 9.17) is 5.11 Å². The molecule has 0 aliphatic heterocycles. The van der Waals surface area contributed by atoms with Crippen molar-refractivity contribution in [1.82, 2.24) is 14.9 Å². The molecule has 0 radical (unpaired) electrons. The minimum atomic E-state index is -0.326. The quantitative estimate of drug-likeness (QED) is 0.787. The monoisotopic (exact) mass is 288 g/mol. The van der Waals surface area contributed by atoms with Crippen LogP contribution in [0.2, 0.25) is 0 Å². The summed E-state index contributed by atoms with van der Waals surface area (Å²) < 4.78 is 1.91. The number of aliphatic hydroxyl groups excluding tert-OH is 1. The zero-order chi connectivity index (χ0) is 15.2. The van der Waals surface area contributed by atoms with E-state index in [1.165, 1.54) is 0 Å². The topological polar surface area (TPSA) is 79.2 Å². The van der Waals surface area contributed by atoms with Crippen LogP contribution >= 0.6 is 0 Å². The van der Waals surface area contributed by atoms with Crippen molar-refractivity contribution in [3.05, 3.63) is 36.7 Å². The van der Waals surface area contributed by atoms with Gasteiger partial charge in [0.1, 0.15) is 5.82 Å². The highest BCUT2D eigenvalue weighted by Gasteiger charge is 2.10. The number of nitrogens with zero attached hydrogens (tertiary/aromatic N) is 2. The van der Waals surface area contributed by atoms with Gasteiger partial charge in [0.2, 0.25) is 0 Å². The lowest BCUT2D eigenvalue weighted by molar-refractivity contribution is 0.222. The van der Waals surface area contributed by atoms with Crippen LogP contribution in [-0.4, -0.2) is 33.3 Å². The van der Waals surface area contributed by atoms with Gasteiger partial charge >= 0.3 is 6.03 Å². The third kappa shape index (κ3) is 3.82. The number of benzene rings is 1. The van der Waals surface area contributed by atoms with Crippen molar-refractivity contribution >= 4 is 11.7 Å². The molecule has 2 aromatic rings. The molecule has 1 unspecified atom stereocenters. The molecule has 0 saturated carbocycles. The molecular formula is C15H20N4O2. The number of anilines is 1. The highest BCUT2D eigenvalue weighted by Crippen LogP contribution is 2.20. The summed E-state index contributed by atoms with van der Waals surface area (Å²) in [5, 5.41) is 14.6. The van der Waals surface area contributed by atoms with Crippen molar-refractivity contribution in [2.75, 3.05) is 11.9 Å². The van der Waals surface area contributed by atoms with Gasteiger partial charge in [-0.25, -0.2) is 9.78 Å². The number of aryl methyl sites for hydroxylation is 1. The highest BCUT2D eigenvalue weighted by molar-refractivity contribution is 5.90. The fourth-order valence-corrected chi connectivity index (χ4v) is 2.01. The third-order valence-corrected chi connectivity index (χ3v) is 3.25. The summed E-state index contributed by atoms with van der Waals surface area (Å²) in [5.41, 5.74) is 1.61. The fraction of sp³-hybridized carbons (Fsp3) is 0.333. The smallest absolute Gasteiger partial charge is 0.319 e. The van der Waals surface area contributed by atoms with Crippen LogP contribution < -0.4 is 10.6 Å². The number of nitrogens with one attached hydrogen (secondary N) is 2. The molecule has 0 saturated heterocycles. The van der Waals surface area contributed by atoms with Gasteiger partial charge < -0.3 is 20.3 Å². The number of aromatic nitrogens is 2. The van der Waals surface area contributed by atoms with E-state index >= 15 is 0 Å². The van der Waals surface area contributed by atoms with E-state index in [1.54, 1.807) is 6.20 Å². The van der Waals surface area contributed by atoms with Crippen molar-refractivity contribution in [3.63, 3.8) is 0 Å². The van der Waals surface area contributed by atoms with Crippen LogP contribution in [0.3, 0.4) is 0 Å². The molecule has 0 aliphatic rings. The number of carbonyl (C=O) groups is 1. The lowest BCUT2D eigenvalue weighted by Crippen LogP contribution is -2.39. The number of imidazole rings is 1. The minimum Gasteiger partial charge on any atom is -0.394 e. The Hall–Kier alpha value is -2.34. The number of urea groups is 1. The van der Waals surface area contributed by atoms with E-state index < -0.39 is 0 Å². The van der Waals surface area contributed by atoms with E-state index in [9.17, 15) is 4.79 Å². The molecule has 21 heavy (non-hydrogen) atoms. The Labute approximate surface area is 123 Å². The molecule has 0 aliphatic carbocycles. The molecule has 0 spiro atoms. The van der Waals surface area contributed by atoms with Crippen molar-refractivity contribution < 1.29 is 9.90 Å². The van der Waals surface area contributed by atoms with Gasteiger partial charge in [-0.1, -0.05) is 19.1 Å². The molecule has 1 heterocycles. The SMILES string of the molecule is CCC(CO)NC(=O)Nc1cccc(-c2nccn2C)c1. The summed E-state index contributed by atoms with van der Waals surface area (Å²) in [6, 6.07) is 6.92. The van der Waals surface area contributed by atoms with Crippen molar-refractivity contribution in [1.29, 1.82) is 0 Å². The summed E-state index contributed by atoms with van der Waals surface area (Å²) in [6.45, 7) is 1.83. The van der Waals surface area contributed by atoms with E-state index in [0.717, 1.165) is 11.4 Å². The average molecular weight is 288 g/mol. The molecule has 3 N–H and O–H groups in total. The third-order valence-electron chi connectivity index (χ3n) is 3.25. The van der Waals surface area contributed by atoms with Crippen LogP contribution in [0.1, 0.15) is 13.3 Å². The first-order chi connectivity index (χ1) is 10.1. The molecule has 1 aromatic carbocycles. The number of hydrogen-bond donors (Lipinski definition) is 3. The van der Waals surface area contributed by atoms with Gasteiger partial charge in [0, 0.05) is 30.7 Å². The number of hydrogen-bond acceptors (Lipinski definition) is 3. The highest BCUT2D eigenvalue weighted by atomic mass is 16.3. The fourth-order valence-electron chi connectivity index (χ4n) is 2.01. The molecule has 1 aromatic heterocycles. The Morgan fingerprint density at radius 2 is 2.29 bits per heavy atom. The second-order valence-electron chi connectivity index (χ2n) is 4.83. The molecule has 6 nitrogen and oxygen atoms in total. The zero-order valence-electron chi connectivity index (χ0n) is 12.2. The molecule has 112 valence electrons. The maximum absolute atomic E-state index is 11.9. The largest absolute Gasteiger partial charge is 0.394 e. The lowest BCUT2D eigenvalue weighted by Gasteiger charge is -2.15. The Morgan fingerprint density at radius 1 is 1.48 bits per heavy atom. The number of rotatable bonds is 5. The molecule has 0 fully saturated rings. The van der Waals surface area contributed by atoms with Crippen molar-refractivity contribution in [2.45, 2.75) is 19.4 Å². The van der Waals surface area contributed by atoms with E-state index in [2.05, 4.69) is 15.6 Å². The van der Waals surface area contributed by atoms with Crippen LogP contribution in [0.5, 0.6) is 0 Å². The normalized spacial score (nSPS) is 12.0. The van der Waals surface area contributed by atoms with Gasteiger partial charge in [-0.2, -0.15) is 0 Å². The van der Waals surface area contributed by atoms with Gasteiger partial charge in [0.25, 0.3) is 0 Å². The van der Waals surface area contributed by atoms with Gasteiger partial charge in [0.05, 0.1) is 12.6 Å². The molecule has 0 bridgehead atoms. The standard InChI is InChI=1S/C15H20N4O2/c1-3-12(10-20)17-15(21)18-13-6-4-5-11(9-13)14-16-7-8-19(14)2/h4-9,12,20H,3,10H2,1-2H3,(H2,17,18,21). The van der Waals surface area contributed by atoms with Crippen LogP contribution in [0, 0.1) is 0 Å². The Balaban J connectivity index is 2.08. The summed E-state index contributed by atoms with van der Waals surface area (Å²) >= 11 is 0. The molecule has 1 atom stereocenters. The Morgan fingerprint density at radius 3 is 2.90 bits per heavy atom. The maximum atomic E-state index is 11.9. The number of amides is 2. The van der Waals surface area contributed by atoms with Gasteiger partial charge in [-0.3, -0.25) is 0 Å². The first-order valence-corrected chi connectivity index (χ1v) is 6.90. The summed E-state index contributed by atoms with van der Waals surface area (Å²) in [6.07, 6.45) is 4.28. The van der Waals surface area contributed by atoms with Gasteiger partial charge in [-0.15, -0.1) is 0 Å². The number of carbonyl (C=O) groups excluding carboxylic acids is 1. The predicted octanol–water partition coefficient (Wildman–Crippen LogP) is 1.98. The van der Waals surface area contributed by atoms with Gasteiger partial charge in [-0.05, 0) is 18.6 Å². The van der Waals surface area contributed by atoms with Gasteiger partial charge in [0.15, 0.2) is 0 Å². The van der Waals surface area contributed by atoms with E-state index in [-0.39, 0.29) is 18.7 Å². The van der Waals surface area contributed by atoms with E-state index in [1.807, 2.05) is 49.0 Å². The zero-order valence-corrected chi connectivity index (χ0v) is 12.2. The van der Waals surface area contributed by atoms with Crippen LogP contribution in [0.4, 0.5) is 10.5 Å².